The number of likely N-dealkylation sites (N-methyl/N-ethyl adjacent to an activating group) is 2. The van der Waals surface area contributed by atoms with E-state index in [0.29, 0.717) is 57.6 Å². The molecule has 0 saturated carbocycles. The molecule has 5 heterocycles. The second kappa shape index (κ2) is 27.0. The number of aliphatic hydroxyl groups is 4. The smallest absolute Gasteiger partial charge is 0.309 e. The van der Waals surface area contributed by atoms with Crippen molar-refractivity contribution in [2.45, 2.75) is 192 Å². The lowest BCUT2D eigenvalue weighted by atomic mass is 9.69. The molecule has 2 aromatic heterocycles. The van der Waals surface area contributed by atoms with Gasteiger partial charge in [-0.3, -0.25) is 4.79 Å². The Morgan fingerprint density at radius 3 is 2.32 bits per heavy atom. The number of aromatic nitrogens is 4. The van der Waals surface area contributed by atoms with Gasteiger partial charge < -0.3 is 65.0 Å². The molecule has 3 aromatic rings. The van der Waals surface area contributed by atoms with E-state index in [9.17, 15) is 29.6 Å². The number of hydrogen-bond acceptors (Lipinski definition) is 17. The van der Waals surface area contributed by atoms with Crippen molar-refractivity contribution in [1.82, 2.24) is 29.8 Å². The van der Waals surface area contributed by atoms with Crippen LogP contribution < -0.4 is 11.1 Å². The number of aliphatic hydroxyl groups excluding tert-OH is 2. The number of carbonyl (C=O) groups is 1. The summed E-state index contributed by atoms with van der Waals surface area (Å²) in [5, 5.41) is 59.5. The van der Waals surface area contributed by atoms with E-state index in [1.165, 1.54) is 6.92 Å². The molecular formula is C57H93FN8O10. The first-order chi connectivity index (χ1) is 35.9. The number of esters is 1. The quantitative estimate of drug-likeness (QED) is 0.0855. The first-order valence-corrected chi connectivity index (χ1v) is 27.8. The first kappa shape index (κ1) is 61.5. The van der Waals surface area contributed by atoms with Crippen molar-refractivity contribution in [2.75, 3.05) is 59.4 Å². The second-order valence-corrected chi connectivity index (χ2v) is 23.3. The van der Waals surface area contributed by atoms with E-state index >= 15 is 0 Å². The zero-order valence-corrected chi connectivity index (χ0v) is 47.6. The van der Waals surface area contributed by atoms with Crippen molar-refractivity contribution in [3.05, 3.63) is 60.0 Å². The van der Waals surface area contributed by atoms with Crippen LogP contribution >= 0.6 is 0 Å². The van der Waals surface area contributed by atoms with Crippen LogP contribution in [0.4, 0.5) is 10.2 Å². The summed E-state index contributed by atoms with van der Waals surface area (Å²) in [6, 6.07) is 10.5. The number of pyridine rings is 1. The minimum absolute atomic E-state index is 0.0149. The van der Waals surface area contributed by atoms with E-state index in [1.54, 1.807) is 38.0 Å². The van der Waals surface area contributed by atoms with Crippen molar-refractivity contribution in [3.8, 4) is 11.1 Å². The summed E-state index contributed by atoms with van der Waals surface area (Å²) in [6.45, 7) is 20.2. The van der Waals surface area contributed by atoms with Crippen molar-refractivity contribution in [2.24, 2.45) is 35.3 Å². The molecule has 3 saturated heterocycles. The highest BCUT2D eigenvalue weighted by Gasteiger charge is 2.52. The Hall–Kier alpha value is -3.73. The van der Waals surface area contributed by atoms with Gasteiger partial charge in [0.25, 0.3) is 0 Å². The minimum atomic E-state index is -1.78. The molecule has 76 heavy (non-hydrogen) atoms. The Morgan fingerprint density at radius 1 is 1.00 bits per heavy atom. The van der Waals surface area contributed by atoms with Crippen LogP contribution in [-0.4, -0.2) is 183 Å². The molecule has 0 radical (unpaired) electrons. The number of nitrogens with one attached hydrogen (secondary N) is 1. The number of hydrogen-bond donors (Lipinski definition) is 6. The molecule has 0 aliphatic carbocycles. The highest BCUT2D eigenvalue weighted by Crippen LogP contribution is 2.44. The van der Waals surface area contributed by atoms with Gasteiger partial charge in [0, 0.05) is 82.1 Å². The highest BCUT2D eigenvalue weighted by atomic mass is 19.1. The molecule has 428 valence electrons. The Balaban J connectivity index is 1.20. The predicted octanol–water partition coefficient (Wildman–Crippen LogP) is 5.97. The number of rotatable bonds is 17. The van der Waals surface area contributed by atoms with Gasteiger partial charge in [-0.05, 0) is 115 Å². The largest absolute Gasteiger partial charge is 0.459 e. The van der Waals surface area contributed by atoms with Crippen molar-refractivity contribution in [1.29, 1.82) is 0 Å². The third-order valence-electron chi connectivity index (χ3n) is 17.1. The van der Waals surface area contributed by atoms with Gasteiger partial charge in [-0.25, -0.2) is 14.1 Å². The third kappa shape index (κ3) is 14.7. The maximum Gasteiger partial charge on any atom is 0.309 e. The molecule has 3 fully saturated rings. The summed E-state index contributed by atoms with van der Waals surface area (Å²) in [5.41, 5.74) is 5.79. The molecule has 0 amide bonds. The van der Waals surface area contributed by atoms with Gasteiger partial charge in [0.2, 0.25) is 0 Å². The predicted molar refractivity (Wildman–Crippen MR) is 290 cm³/mol. The molecule has 3 aliphatic heterocycles. The number of anilines is 1. The van der Waals surface area contributed by atoms with Crippen molar-refractivity contribution >= 4 is 11.8 Å². The minimum Gasteiger partial charge on any atom is -0.459 e. The summed E-state index contributed by atoms with van der Waals surface area (Å²) in [5.74, 6) is -1.96. The fourth-order valence-corrected chi connectivity index (χ4v) is 12.6. The van der Waals surface area contributed by atoms with Crippen LogP contribution in [-0.2, 0) is 34.9 Å². The number of cyclic esters (lactones) is 1. The lowest BCUT2D eigenvalue weighted by molar-refractivity contribution is -0.270. The molecule has 19 heteroatoms. The monoisotopic (exact) mass is 1070 g/mol. The Morgan fingerprint density at radius 2 is 1.70 bits per heavy atom. The maximum absolute atomic E-state index is 15.0. The van der Waals surface area contributed by atoms with Gasteiger partial charge in [0.1, 0.15) is 42.4 Å². The number of nitrogens with zero attached hydrogens (tertiary/aromatic N) is 6. The highest BCUT2D eigenvalue weighted by molar-refractivity contribution is 5.73. The Labute approximate surface area is 451 Å². The van der Waals surface area contributed by atoms with Gasteiger partial charge in [0.15, 0.2) is 6.29 Å². The normalized spacial score (nSPS) is 36.5. The number of alkyl halides is 1. The molecular weight excluding hydrogens is 976 g/mol. The second-order valence-electron chi connectivity index (χ2n) is 23.3. The van der Waals surface area contributed by atoms with Gasteiger partial charge >= 0.3 is 5.97 Å². The number of benzene rings is 1. The first-order valence-electron chi connectivity index (χ1n) is 27.8. The molecule has 18 nitrogen and oxygen atoms in total. The average molecular weight is 1070 g/mol. The fourth-order valence-electron chi connectivity index (χ4n) is 12.6. The van der Waals surface area contributed by atoms with Gasteiger partial charge in [-0.15, -0.1) is 5.10 Å². The topological polar surface area (TPSA) is 232 Å². The van der Waals surface area contributed by atoms with Crippen LogP contribution in [0.15, 0.2) is 48.8 Å². The summed E-state index contributed by atoms with van der Waals surface area (Å²) >= 11 is 0. The van der Waals surface area contributed by atoms with E-state index < -0.39 is 103 Å². The molecule has 19 atom stereocenters. The molecule has 7 N–H and O–H groups in total. The zero-order chi connectivity index (χ0) is 55.8. The third-order valence-corrected chi connectivity index (χ3v) is 17.1. The van der Waals surface area contributed by atoms with Crippen molar-refractivity contribution < 1.29 is 53.3 Å². The average Bonchev–Trinajstić information content (AvgIpc) is 3.86. The number of carbonyl (C=O) groups excluding carboxylic acids is 1. The number of halogens is 1. The maximum atomic E-state index is 15.0. The molecule has 1 aromatic carbocycles. The summed E-state index contributed by atoms with van der Waals surface area (Å²) in [7, 11) is 5.50. The molecule has 0 bridgehead atoms. The van der Waals surface area contributed by atoms with Crippen LogP contribution in [0.2, 0.25) is 0 Å². The summed E-state index contributed by atoms with van der Waals surface area (Å²) in [4.78, 5) is 23.3. The van der Waals surface area contributed by atoms with Crippen LogP contribution in [0.25, 0.3) is 11.1 Å². The molecule has 0 spiro atoms. The number of nitrogens with two attached hydrogens (primary N) is 1. The van der Waals surface area contributed by atoms with E-state index in [0.717, 1.165) is 28.9 Å². The van der Waals surface area contributed by atoms with E-state index in [2.05, 4.69) is 39.5 Å². The van der Waals surface area contributed by atoms with Crippen LogP contribution in [0.1, 0.15) is 125 Å². The molecule has 3 aliphatic rings. The van der Waals surface area contributed by atoms with Gasteiger partial charge in [-0.1, -0.05) is 64.1 Å². The van der Waals surface area contributed by atoms with E-state index in [-0.39, 0.29) is 30.4 Å². The zero-order valence-electron chi connectivity index (χ0n) is 47.6. The SMILES string of the molecule is CC[C@H]1OC(=O)[C@H](C)[C@@H](C2C[C@H](C)[C@@H](O)[C@H](C)O2)[C@H](C)[C@@H](O[C@H]2C[C@@H](N(C)CCc3cn([C@H](CF)[C@H](OC)c4ccc(-c5ccc(NCCN)nc5)cc4)nn3)C[C@@H](C)O2)[C@](C)(O)C[C@@H](C)CN(C)[C@H](C)[C@@H](O)[C@]1(C)O. The standard InChI is InChI=1S/C57H93FN8O10/c1-14-47-57(10,71)53(68)38(7)65(12)31-33(2)28-56(9,70)54(36(5)50(37(6)55(69)75-47)46-25-34(3)51(67)39(8)74-46)76-49-27-44(26-35(4)73-49)64(11)24-21-43-32-66(63-62-43)45(29-58)52(72-13)41-17-15-40(16-18-41)42-19-20-48(61-30-42)60-23-22-59/h15-20,30,32-39,44-47,49-54,67-68,70-71H,14,21-29,31,59H2,1-13H3,(H,60,61)/t33-,34+,35-,36+,37-,38-,39+,44+,45-,46?,47-,49+,50+,51-,52-,53-,54-,56-,57-/m1/s1. The molecule has 6 rings (SSSR count). The summed E-state index contributed by atoms with van der Waals surface area (Å²) < 4.78 is 49.0. The van der Waals surface area contributed by atoms with Crippen LogP contribution in [0.3, 0.4) is 0 Å². The summed E-state index contributed by atoms with van der Waals surface area (Å²) in [6.07, 6.45) is -0.0796. The van der Waals surface area contributed by atoms with E-state index in [1.807, 2.05) is 89.9 Å². The van der Waals surface area contributed by atoms with Crippen molar-refractivity contribution in [3.63, 3.8) is 0 Å². The molecule has 1 unspecified atom stereocenters. The van der Waals surface area contributed by atoms with Gasteiger partial charge in [-0.2, -0.15) is 0 Å². The lowest BCUT2D eigenvalue weighted by Gasteiger charge is -2.49. The van der Waals surface area contributed by atoms with Crippen LogP contribution in [0, 0.1) is 29.6 Å². The number of methoxy groups -OCH3 is 1. The van der Waals surface area contributed by atoms with Crippen LogP contribution in [0.5, 0.6) is 0 Å². The lowest BCUT2D eigenvalue weighted by Crippen LogP contribution is -2.59. The van der Waals surface area contributed by atoms with Gasteiger partial charge in [0.05, 0.1) is 47.7 Å². The number of ether oxygens (including phenoxy) is 5. The Kier molecular flexibility index (Phi) is 21.8. The fraction of sp³-hybridized carbons (Fsp3) is 0.754. The van der Waals surface area contributed by atoms with E-state index in [4.69, 9.17) is 29.4 Å². The Bertz CT molecular complexity index is 2230.